The smallest absolute Gasteiger partial charge is 0.119 e. The Balaban J connectivity index is 1.39. The molecule has 1 N–H and O–H groups in total. The van der Waals surface area contributed by atoms with Crippen molar-refractivity contribution in [2.75, 3.05) is 11.0 Å². The van der Waals surface area contributed by atoms with Gasteiger partial charge in [0.1, 0.15) is 5.60 Å². The van der Waals surface area contributed by atoms with Gasteiger partial charge in [-0.25, -0.2) is 0 Å². The van der Waals surface area contributed by atoms with E-state index in [2.05, 4.69) is 53.8 Å². The summed E-state index contributed by atoms with van der Waals surface area (Å²) in [6.45, 7) is 6.01. The van der Waals surface area contributed by atoms with Gasteiger partial charge in [-0.1, -0.05) is 83.3 Å². The van der Waals surface area contributed by atoms with Crippen molar-refractivity contribution in [2.45, 2.75) is 94.8 Å². The van der Waals surface area contributed by atoms with Gasteiger partial charge in [-0.2, -0.15) is 0 Å². The fraction of sp³-hybridized carbons (Fsp3) is 0.586. The Morgan fingerprint density at radius 3 is 2.29 bits per heavy atom. The van der Waals surface area contributed by atoms with Crippen molar-refractivity contribution in [3.05, 3.63) is 71.8 Å². The number of fused-ring (bicyclic) bond motifs is 1. The second kappa shape index (κ2) is 12.5. The van der Waals surface area contributed by atoms with Crippen LogP contribution < -0.4 is 0 Å². The van der Waals surface area contributed by atoms with Gasteiger partial charge in [-0.05, 0) is 44.2 Å². The maximum absolute atomic E-state index is 11.0. The van der Waals surface area contributed by atoms with Crippen molar-refractivity contribution in [1.82, 2.24) is 0 Å². The van der Waals surface area contributed by atoms with Crippen molar-refractivity contribution < 1.29 is 24.1 Å². The molecule has 2 fully saturated rings. The molecule has 2 aromatic rings. The van der Waals surface area contributed by atoms with E-state index in [-0.39, 0.29) is 18.3 Å². The molecule has 6 heteroatoms. The zero-order valence-corrected chi connectivity index (χ0v) is 23.1. The quantitative estimate of drug-likeness (QED) is 0.201. The first-order valence-electron chi connectivity index (χ1n) is 12.8. The third-order valence-corrected chi connectivity index (χ3v) is 8.06. The fourth-order valence-corrected chi connectivity index (χ4v) is 6.39. The number of rotatable bonds is 11. The summed E-state index contributed by atoms with van der Waals surface area (Å²) >= 11 is 2.36. The van der Waals surface area contributed by atoms with E-state index in [9.17, 15) is 5.11 Å². The second-order valence-corrected chi connectivity index (χ2v) is 11.3. The van der Waals surface area contributed by atoms with Crippen LogP contribution in [0.3, 0.4) is 0 Å². The molecule has 0 saturated carbocycles. The van der Waals surface area contributed by atoms with E-state index >= 15 is 0 Å². The molecule has 2 heterocycles. The molecule has 2 aliphatic rings. The maximum atomic E-state index is 11.0. The first kappa shape index (κ1) is 27.0. The van der Waals surface area contributed by atoms with Gasteiger partial charge in [-0.15, -0.1) is 0 Å². The summed E-state index contributed by atoms with van der Waals surface area (Å²) in [4.78, 5) is 0. The number of ether oxygens (including phenoxy) is 4. The van der Waals surface area contributed by atoms with Gasteiger partial charge in [0.15, 0.2) is 0 Å². The molecule has 6 atom stereocenters. The number of alkyl halides is 1. The van der Waals surface area contributed by atoms with E-state index in [1.54, 1.807) is 0 Å². The van der Waals surface area contributed by atoms with E-state index < -0.39 is 17.3 Å². The van der Waals surface area contributed by atoms with E-state index in [1.807, 2.05) is 43.3 Å². The number of benzene rings is 2. The highest BCUT2D eigenvalue weighted by atomic mass is 127. The Labute approximate surface area is 223 Å². The summed E-state index contributed by atoms with van der Waals surface area (Å²) in [5, 5.41) is 11.0. The number of hydrogen-bond donors (Lipinski definition) is 1. The van der Waals surface area contributed by atoms with Gasteiger partial charge >= 0.3 is 0 Å². The molecule has 2 aromatic carbocycles. The molecule has 0 aliphatic carbocycles. The average Bonchev–Trinajstić information content (AvgIpc) is 2.85. The third kappa shape index (κ3) is 6.84. The predicted molar refractivity (Wildman–Crippen MR) is 146 cm³/mol. The van der Waals surface area contributed by atoms with Crippen LogP contribution in [0.4, 0.5) is 0 Å². The zero-order chi connectivity index (χ0) is 24.7. The van der Waals surface area contributed by atoms with Gasteiger partial charge in [-0.3, -0.25) is 0 Å². The summed E-state index contributed by atoms with van der Waals surface area (Å²) in [6, 6.07) is 20.5. The number of halogens is 1. The highest BCUT2D eigenvalue weighted by Gasteiger charge is 2.58. The molecule has 2 aliphatic heterocycles. The normalized spacial score (nSPS) is 32.8. The van der Waals surface area contributed by atoms with Crippen LogP contribution in [0.15, 0.2) is 60.7 Å². The Hall–Kier alpha value is -1.03. The molecular formula is C29H39IO5. The van der Waals surface area contributed by atoms with Gasteiger partial charge in [0.25, 0.3) is 0 Å². The lowest BCUT2D eigenvalue weighted by atomic mass is 9.75. The highest BCUT2D eigenvalue weighted by molar-refractivity contribution is 14.1. The monoisotopic (exact) mass is 594 g/mol. The van der Waals surface area contributed by atoms with Crippen molar-refractivity contribution in [3.8, 4) is 0 Å². The van der Waals surface area contributed by atoms with Crippen LogP contribution in [0.2, 0.25) is 0 Å². The van der Waals surface area contributed by atoms with Crippen molar-refractivity contribution >= 4 is 22.6 Å². The summed E-state index contributed by atoms with van der Waals surface area (Å²) in [5.41, 5.74) is 1.14. The molecule has 0 aromatic heterocycles. The van der Waals surface area contributed by atoms with Crippen molar-refractivity contribution in [1.29, 1.82) is 0 Å². The Morgan fingerprint density at radius 2 is 1.63 bits per heavy atom. The van der Waals surface area contributed by atoms with Crippen LogP contribution in [0.5, 0.6) is 0 Å². The lowest BCUT2D eigenvalue weighted by molar-refractivity contribution is -0.333. The Morgan fingerprint density at radius 1 is 0.971 bits per heavy atom. The number of hydrogen-bond acceptors (Lipinski definition) is 5. The first-order chi connectivity index (χ1) is 16.9. The Kier molecular flexibility index (Phi) is 9.63. The van der Waals surface area contributed by atoms with Crippen molar-refractivity contribution in [2.24, 2.45) is 0 Å². The predicted octanol–water partition coefficient (Wildman–Crippen LogP) is 5.85. The fourth-order valence-electron chi connectivity index (χ4n) is 5.32. The van der Waals surface area contributed by atoms with Crippen LogP contribution in [0.25, 0.3) is 0 Å². The van der Waals surface area contributed by atoms with Crippen LogP contribution in [0, 0.1) is 0 Å². The summed E-state index contributed by atoms with van der Waals surface area (Å²) in [6.07, 6.45) is 3.13. The number of aliphatic hydroxyl groups is 1. The van der Waals surface area contributed by atoms with Crippen LogP contribution in [-0.4, -0.2) is 51.8 Å². The lowest BCUT2D eigenvalue weighted by Gasteiger charge is -2.57. The lowest BCUT2D eigenvalue weighted by Crippen LogP contribution is -2.69. The number of aliphatic hydroxyl groups excluding tert-OH is 1. The largest absolute Gasteiger partial charge is 0.390 e. The molecule has 0 radical (unpaired) electrons. The van der Waals surface area contributed by atoms with E-state index in [4.69, 9.17) is 18.9 Å². The van der Waals surface area contributed by atoms with Crippen LogP contribution in [-0.2, 0) is 32.2 Å². The second-order valence-electron chi connectivity index (χ2n) is 10.2. The molecule has 2 saturated heterocycles. The molecule has 0 bridgehead atoms. The average molecular weight is 595 g/mol. The summed E-state index contributed by atoms with van der Waals surface area (Å²) in [7, 11) is 0. The molecule has 0 amide bonds. The summed E-state index contributed by atoms with van der Waals surface area (Å²) in [5.74, 6) is 0. The minimum absolute atomic E-state index is 0.0545. The van der Waals surface area contributed by atoms with Gasteiger partial charge in [0.05, 0.1) is 43.2 Å². The molecule has 0 spiro atoms. The SMILES string of the molecule is C[C@@]12O[C@](C)(CCI)[C@@H](O)C[C@H]1O[C@@H](CCCOCc1ccccc1)C[C@@H]2OCc1ccccc1. The van der Waals surface area contributed by atoms with Crippen LogP contribution >= 0.6 is 22.6 Å². The van der Waals surface area contributed by atoms with Gasteiger partial charge < -0.3 is 24.1 Å². The van der Waals surface area contributed by atoms with E-state index in [0.717, 1.165) is 35.7 Å². The third-order valence-electron chi connectivity index (χ3n) is 7.52. The molecule has 4 rings (SSSR count). The zero-order valence-electron chi connectivity index (χ0n) is 20.9. The maximum Gasteiger partial charge on any atom is 0.119 e. The van der Waals surface area contributed by atoms with Crippen LogP contribution in [0.1, 0.15) is 57.1 Å². The molecule has 192 valence electrons. The van der Waals surface area contributed by atoms with E-state index in [0.29, 0.717) is 26.2 Å². The Bertz CT molecular complexity index is 896. The van der Waals surface area contributed by atoms with E-state index in [1.165, 1.54) is 5.56 Å². The molecule has 35 heavy (non-hydrogen) atoms. The first-order valence-corrected chi connectivity index (χ1v) is 14.3. The van der Waals surface area contributed by atoms with Crippen molar-refractivity contribution in [3.63, 3.8) is 0 Å². The molecule has 0 unspecified atom stereocenters. The topological polar surface area (TPSA) is 57.2 Å². The van der Waals surface area contributed by atoms with Gasteiger partial charge in [0.2, 0.25) is 0 Å². The minimum Gasteiger partial charge on any atom is -0.390 e. The molecular weight excluding hydrogens is 555 g/mol. The molecule has 5 nitrogen and oxygen atoms in total. The van der Waals surface area contributed by atoms with Gasteiger partial charge in [0, 0.05) is 23.9 Å². The highest BCUT2D eigenvalue weighted by Crippen LogP contribution is 2.47. The summed E-state index contributed by atoms with van der Waals surface area (Å²) < 4.78 is 26.6. The standard InChI is InChI=1S/C29H39IO5/c1-28(15-16-30)25(31)19-27-29(2,35-28)26(33-21-23-12-7-4-8-13-23)18-24(34-27)14-9-17-32-20-22-10-5-3-6-11-22/h3-8,10-13,24-27,31H,9,14-21H2,1-2H3/t24-,25-,26-,27+,28+,29-/m0/s1. The minimum atomic E-state index is -0.602.